The van der Waals surface area contributed by atoms with Crippen molar-refractivity contribution in [1.29, 1.82) is 0 Å². The van der Waals surface area contributed by atoms with E-state index in [2.05, 4.69) is 29.2 Å². The molecule has 76 valence electrons. The molecule has 2 heterocycles. The normalized spacial score (nSPS) is 36.2. The summed E-state index contributed by atoms with van der Waals surface area (Å²) in [6.45, 7) is 5.00. The molecule has 2 fully saturated rings. The van der Waals surface area contributed by atoms with Crippen LogP contribution in [0, 0.1) is 0 Å². The summed E-state index contributed by atoms with van der Waals surface area (Å²) in [5.74, 6) is 0. The second-order valence-corrected chi connectivity index (χ2v) is 4.55. The fourth-order valence-electron chi connectivity index (χ4n) is 2.47. The van der Waals surface area contributed by atoms with Crippen LogP contribution in [0.1, 0.15) is 12.8 Å². The van der Waals surface area contributed by atoms with E-state index in [4.69, 9.17) is 0 Å². The number of hydrogen-bond acceptors (Lipinski definition) is 3. The van der Waals surface area contributed by atoms with Gasteiger partial charge in [-0.25, -0.2) is 0 Å². The molecule has 2 aliphatic rings. The third-order valence-corrected chi connectivity index (χ3v) is 3.48. The molecule has 0 bridgehead atoms. The van der Waals surface area contributed by atoms with Gasteiger partial charge < -0.3 is 10.2 Å². The molecule has 3 nitrogen and oxygen atoms in total. The van der Waals surface area contributed by atoms with Gasteiger partial charge in [-0.15, -0.1) is 0 Å². The van der Waals surface area contributed by atoms with Gasteiger partial charge in [-0.05, 0) is 33.5 Å². The van der Waals surface area contributed by atoms with Gasteiger partial charge in [-0.3, -0.25) is 4.90 Å². The average Bonchev–Trinajstić information content (AvgIpc) is 2.75. The molecule has 2 saturated heterocycles. The Hall–Kier alpha value is -0.120. The van der Waals surface area contributed by atoms with Gasteiger partial charge in [0.2, 0.25) is 0 Å². The van der Waals surface area contributed by atoms with Gasteiger partial charge in [0.1, 0.15) is 0 Å². The van der Waals surface area contributed by atoms with Gasteiger partial charge >= 0.3 is 0 Å². The summed E-state index contributed by atoms with van der Waals surface area (Å²) in [7, 11) is 4.39. The quantitative estimate of drug-likeness (QED) is 0.649. The Bertz CT molecular complexity index is 164. The minimum Gasteiger partial charge on any atom is -0.315 e. The molecule has 3 heteroatoms. The minimum atomic E-state index is 0.792. The van der Waals surface area contributed by atoms with Crippen molar-refractivity contribution < 1.29 is 0 Å². The van der Waals surface area contributed by atoms with Crippen LogP contribution in [0.2, 0.25) is 0 Å². The summed E-state index contributed by atoms with van der Waals surface area (Å²) in [4.78, 5) is 5.02. The highest BCUT2D eigenvalue weighted by Gasteiger charge is 2.30. The number of likely N-dealkylation sites (N-methyl/N-ethyl adjacent to an activating group) is 1. The molecule has 0 amide bonds. The molecule has 0 radical (unpaired) electrons. The maximum absolute atomic E-state index is 3.44. The largest absolute Gasteiger partial charge is 0.315 e. The highest BCUT2D eigenvalue weighted by molar-refractivity contribution is 4.88. The first-order valence-electron chi connectivity index (χ1n) is 5.38. The smallest absolute Gasteiger partial charge is 0.0233 e. The zero-order chi connectivity index (χ0) is 9.26. The summed E-state index contributed by atoms with van der Waals surface area (Å²) in [6, 6.07) is 1.62. The first-order valence-corrected chi connectivity index (χ1v) is 5.38. The van der Waals surface area contributed by atoms with Crippen molar-refractivity contribution in [3.8, 4) is 0 Å². The molecule has 0 spiro atoms. The number of nitrogens with zero attached hydrogens (tertiary/aromatic N) is 2. The second kappa shape index (κ2) is 3.95. The first-order chi connectivity index (χ1) is 6.27. The predicted molar refractivity (Wildman–Crippen MR) is 54.9 cm³/mol. The molecule has 0 unspecified atom stereocenters. The van der Waals surface area contributed by atoms with Crippen LogP contribution in [0.4, 0.5) is 0 Å². The molecule has 2 rings (SSSR count). The lowest BCUT2D eigenvalue weighted by atomic mass is 10.2. The van der Waals surface area contributed by atoms with Crippen molar-refractivity contribution in [2.24, 2.45) is 0 Å². The number of likely N-dealkylation sites (tertiary alicyclic amines) is 1. The average molecular weight is 183 g/mol. The van der Waals surface area contributed by atoms with E-state index in [0.717, 1.165) is 12.1 Å². The molecule has 2 atom stereocenters. The van der Waals surface area contributed by atoms with Crippen molar-refractivity contribution in [2.45, 2.75) is 24.9 Å². The molecule has 0 aromatic rings. The minimum absolute atomic E-state index is 0.792. The highest BCUT2D eigenvalue weighted by Crippen LogP contribution is 2.18. The SMILES string of the molecule is CN(C)[C@H]1CCN([C@@H]2CCNC2)C1. The second-order valence-electron chi connectivity index (χ2n) is 4.55. The van der Waals surface area contributed by atoms with Crippen molar-refractivity contribution in [2.75, 3.05) is 40.3 Å². The number of rotatable bonds is 2. The van der Waals surface area contributed by atoms with Gasteiger partial charge in [0.25, 0.3) is 0 Å². The van der Waals surface area contributed by atoms with Crippen LogP contribution in [0.25, 0.3) is 0 Å². The molecule has 2 aliphatic heterocycles. The fourth-order valence-corrected chi connectivity index (χ4v) is 2.47. The molecular weight excluding hydrogens is 162 g/mol. The van der Waals surface area contributed by atoms with E-state index in [1.165, 1.54) is 39.0 Å². The highest BCUT2D eigenvalue weighted by atomic mass is 15.3. The Morgan fingerprint density at radius 3 is 2.69 bits per heavy atom. The Morgan fingerprint density at radius 2 is 2.15 bits per heavy atom. The third-order valence-electron chi connectivity index (χ3n) is 3.48. The molecular formula is C10H21N3. The van der Waals surface area contributed by atoms with Gasteiger partial charge in [0.15, 0.2) is 0 Å². The monoisotopic (exact) mass is 183 g/mol. The van der Waals surface area contributed by atoms with Crippen molar-refractivity contribution in [1.82, 2.24) is 15.1 Å². The van der Waals surface area contributed by atoms with Crippen LogP contribution in [-0.2, 0) is 0 Å². The third kappa shape index (κ3) is 2.03. The summed E-state index contributed by atoms with van der Waals surface area (Å²) in [5, 5.41) is 3.44. The van der Waals surface area contributed by atoms with Crippen LogP contribution in [0.5, 0.6) is 0 Å². The molecule has 0 aromatic heterocycles. The standard InChI is InChI=1S/C10H21N3/c1-12(2)10-4-6-13(8-10)9-3-5-11-7-9/h9-11H,3-8H2,1-2H3/t9-,10+/m1/s1. The fraction of sp³-hybridized carbons (Fsp3) is 1.00. The Balaban J connectivity index is 1.83. The van der Waals surface area contributed by atoms with Crippen LogP contribution in [0.15, 0.2) is 0 Å². The lowest BCUT2D eigenvalue weighted by Gasteiger charge is -2.24. The van der Waals surface area contributed by atoms with Crippen LogP contribution < -0.4 is 5.32 Å². The number of nitrogens with one attached hydrogen (secondary N) is 1. The maximum atomic E-state index is 3.44. The van der Waals surface area contributed by atoms with Gasteiger partial charge in [0, 0.05) is 31.7 Å². The zero-order valence-electron chi connectivity index (χ0n) is 8.79. The lowest BCUT2D eigenvalue weighted by Crippen LogP contribution is -2.38. The molecule has 13 heavy (non-hydrogen) atoms. The van der Waals surface area contributed by atoms with Crippen molar-refractivity contribution in [3.05, 3.63) is 0 Å². The summed E-state index contributed by atoms with van der Waals surface area (Å²) in [5.41, 5.74) is 0. The topological polar surface area (TPSA) is 18.5 Å². The zero-order valence-corrected chi connectivity index (χ0v) is 8.79. The van der Waals surface area contributed by atoms with E-state index < -0.39 is 0 Å². The van der Waals surface area contributed by atoms with Crippen molar-refractivity contribution >= 4 is 0 Å². The Kier molecular flexibility index (Phi) is 2.86. The summed E-state index contributed by atoms with van der Waals surface area (Å²) >= 11 is 0. The van der Waals surface area contributed by atoms with E-state index in [9.17, 15) is 0 Å². The van der Waals surface area contributed by atoms with E-state index in [-0.39, 0.29) is 0 Å². The molecule has 0 aliphatic carbocycles. The lowest BCUT2D eigenvalue weighted by molar-refractivity contribution is 0.226. The van der Waals surface area contributed by atoms with E-state index in [1.807, 2.05) is 0 Å². The van der Waals surface area contributed by atoms with Crippen LogP contribution >= 0.6 is 0 Å². The van der Waals surface area contributed by atoms with Crippen molar-refractivity contribution in [3.63, 3.8) is 0 Å². The molecule has 0 aromatic carbocycles. The molecule has 0 saturated carbocycles. The number of hydrogen-bond donors (Lipinski definition) is 1. The van der Waals surface area contributed by atoms with Crippen LogP contribution in [0.3, 0.4) is 0 Å². The van der Waals surface area contributed by atoms with Gasteiger partial charge in [-0.1, -0.05) is 0 Å². The Labute approximate surface area is 81.1 Å². The summed E-state index contributed by atoms with van der Waals surface area (Å²) in [6.07, 6.45) is 2.70. The Morgan fingerprint density at radius 1 is 1.31 bits per heavy atom. The van der Waals surface area contributed by atoms with E-state index in [0.29, 0.717) is 0 Å². The van der Waals surface area contributed by atoms with E-state index >= 15 is 0 Å². The van der Waals surface area contributed by atoms with Gasteiger partial charge in [-0.2, -0.15) is 0 Å². The van der Waals surface area contributed by atoms with Crippen LogP contribution in [-0.4, -0.2) is 62.2 Å². The first kappa shape index (κ1) is 9.44. The van der Waals surface area contributed by atoms with E-state index in [1.54, 1.807) is 0 Å². The summed E-state index contributed by atoms with van der Waals surface area (Å²) < 4.78 is 0. The molecule has 1 N–H and O–H groups in total. The maximum Gasteiger partial charge on any atom is 0.0233 e. The predicted octanol–water partition coefficient (Wildman–Crippen LogP) is -0.0158. The van der Waals surface area contributed by atoms with Gasteiger partial charge in [0.05, 0.1) is 0 Å².